The van der Waals surface area contributed by atoms with E-state index in [0.29, 0.717) is 12.2 Å². The van der Waals surface area contributed by atoms with Crippen molar-refractivity contribution in [2.45, 2.75) is 24.2 Å². The van der Waals surface area contributed by atoms with Gasteiger partial charge in [-0.25, -0.2) is 0 Å². The standard InChI is InChI=1S/C20H21N3O4S/c21-14-17(15-22-13-5-4-8-16-6-2-1-3-7-16)20(24)23-18-9-11-19(12-10-18)28(25,26)27/h1-3,6-7,9-12,15,22H,4-5,8,13H2,(H,23,24)(H,25,26,27)/b17-15-. The van der Waals surface area contributed by atoms with Gasteiger partial charge in [-0.05, 0) is 49.1 Å². The Morgan fingerprint density at radius 3 is 2.36 bits per heavy atom. The number of anilines is 1. The molecule has 0 saturated heterocycles. The summed E-state index contributed by atoms with van der Waals surface area (Å²) in [6.07, 6.45) is 4.21. The third-order valence-electron chi connectivity index (χ3n) is 3.90. The Balaban J connectivity index is 1.79. The number of aryl methyl sites for hydroxylation is 1. The highest BCUT2D eigenvalue weighted by atomic mass is 32.2. The summed E-state index contributed by atoms with van der Waals surface area (Å²) in [6, 6.07) is 16.9. The minimum Gasteiger partial charge on any atom is -0.390 e. The highest BCUT2D eigenvalue weighted by Gasteiger charge is 2.11. The van der Waals surface area contributed by atoms with E-state index in [1.807, 2.05) is 24.3 Å². The van der Waals surface area contributed by atoms with E-state index in [1.165, 1.54) is 23.9 Å². The lowest BCUT2D eigenvalue weighted by molar-refractivity contribution is -0.112. The number of hydrogen-bond acceptors (Lipinski definition) is 5. The molecule has 0 spiro atoms. The van der Waals surface area contributed by atoms with Crippen molar-refractivity contribution in [2.24, 2.45) is 0 Å². The molecule has 0 heterocycles. The molecule has 0 atom stereocenters. The van der Waals surface area contributed by atoms with Crippen LogP contribution in [0.1, 0.15) is 18.4 Å². The van der Waals surface area contributed by atoms with Crippen molar-refractivity contribution in [1.82, 2.24) is 5.32 Å². The molecule has 2 rings (SSSR count). The Morgan fingerprint density at radius 1 is 1.07 bits per heavy atom. The molecule has 0 aromatic heterocycles. The largest absolute Gasteiger partial charge is 0.390 e. The van der Waals surface area contributed by atoms with E-state index < -0.39 is 16.0 Å². The molecule has 0 aliphatic rings. The van der Waals surface area contributed by atoms with Crippen molar-refractivity contribution < 1.29 is 17.8 Å². The molecule has 0 fully saturated rings. The Bertz CT molecular complexity index is 963. The van der Waals surface area contributed by atoms with Gasteiger partial charge in [0.2, 0.25) is 0 Å². The molecule has 28 heavy (non-hydrogen) atoms. The summed E-state index contributed by atoms with van der Waals surface area (Å²) in [4.78, 5) is 11.8. The predicted molar refractivity (Wildman–Crippen MR) is 106 cm³/mol. The Hall–Kier alpha value is -3.15. The first kappa shape index (κ1) is 21.2. The SMILES string of the molecule is N#C/C(=C/NCCCCc1ccccc1)C(=O)Nc1ccc(S(=O)(=O)O)cc1. The maximum atomic E-state index is 12.1. The van der Waals surface area contributed by atoms with Crippen LogP contribution in [0.5, 0.6) is 0 Å². The van der Waals surface area contributed by atoms with Crippen LogP contribution in [0.2, 0.25) is 0 Å². The van der Waals surface area contributed by atoms with E-state index in [0.717, 1.165) is 31.4 Å². The van der Waals surface area contributed by atoms with E-state index in [9.17, 15) is 13.2 Å². The van der Waals surface area contributed by atoms with Gasteiger partial charge in [0.05, 0.1) is 4.90 Å². The van der Waals surface area contributed by atoms with Gasteiger partial charge in [0.15, 0.2) is 0 Å². The van der Waals surface area contributed by atoms with E-state index >= 15 is 0 Å². The number of carbonyl (C=O) groups excluding carboxylic acids is 1. The molecule has 0 aliphatic heterocycles. The number of nitriles is 1. The second-order valence-corrected chi connectivity index (χ2v) is 7.44. The van der Waals surface area contributed by atoms with Gasteiger partial charge in [0, 0.05) is 18.4 Å². The van der Waals surface area contributed by atoms with Crippen LogP contribution in [0.4, 0.5) is 5.69 Å². The average Bonchev–Trinajstić information content (AvgIpc) is 2.68. The summed E-state index contributed by atoms with van der Waals surface area (Å²) in [6.45, 7) is 0.633. The molecule has 3 N–H and O–H groups in total. The minimum atomic E-state index is -4.29. The zero-order valence-corrected chi connectivity index (χ0v) is 15.9. The first-order chi connectivity index (χ1) is 13.4. The van der Waals surface area contributed by atoms with Gasteiger partial charge in [0.1, 0.15) is 11.6 Å². The lowest BCUT2D eigenvalue weighted by Crippen LogP contribution is -2.17. The maximum Gasteiger partial charge on any atom is 0.294 e. The molecule has 0 radical (unpaired) electrons. The second-order valence-electron chi connectivity index (χ2n) is 6.02. The van der Waals surface area contributed by atoms with Crippen LogP contribution >= 0.6 is 0 Å². The predicted octanol–water partition coefficient (Wildman–Crippen LogP) is 2.89. The van der Waals surface area contributed by atoms with Crippen molar-refractivity contribution in [3.63, 3.8) is 0 Å². The van der Waals surface area contributed by atoms with Gasteiger partial charge < -0.3 is 10.6 Å². The number of carbonyl (C=O) groups is 1. The first-order valence-electron chi connectivity index (χ1n) is 8.66. The quantitative estimate of drug-likeness (QED) is 0.258. The molecule has 7 nitrogen and oxygen atoms in total. The van der Waals surface area contributed by atoms with Crippen LogP contribution < -0.4 is 10.6 Å². The molecule has 146 valence electrons. The molecule has 8 heteroatoms. The fraction of sp³-hybridized carbons (Fsp3) is 0.200. The summed E-state index contributed by atoms with van der Waals surface area (Å²) >= 11 is 0. The number of unbranched alkanes of at least 4 members (excludes halogenated alkanes) is 1. The third kappa shape index (κ3) is 6.87. The number of nitrogens with zero attached hydrogens (tertiary/aromatic N) is 1. The monoisotopic (exact) mass is 399 g/mol. The van der Waals surface area contributed by atoms with Crippen molar-refractivity contribution in [3.05, 3.63) is 71.9 Å². The molecule has 2 aromatic rings. The Kier molecular flexibility index (Phi) is 7.75. The van der Waals surface area contributed by atoms with E-state index in [2.05, 4.69) is 22.8 Å². The second kappa shape index (κ2) is 10.3. The number of rotatable bonds is 9. The summed E-state index contributed by atoms with van der Waals surface area (Å²) < 4.78 is 30.9. The summed E-state index contributed by atoms with van der Waals surface area (Å²) in [5.74, 6) is -0.612. The molecule has 0 unspecified atom stereocenters. The summed E-state index contributed by atoms with van der Waals surface area (Å²) in [7, 11) is -4.29. The molecular weight excluding hydrogens is 378 g/mol. The van der Waals surface area contributed by atoms with Gasteiger partial charge >= 0.3 is 0 Å². The van der Waals surface area contributed by atoms with Gasteiger partial charge in [-0.2, -0.15) is 13.7 Å². The highest BCUT2D eigenvalue weighted by molar-refractivity contribution is 7.85. The number of nitrogens with one attached hydrogen (secondary N) is 2. The normalized spacial score (nSPS) is 11.5. The maximum absolute atomic E-state index is 12.1. The lowest BCUT2D eigenvalue weighted by Gasteiger charge is -2.06. The van der Waals surface area contributed by atoms with E-state index in [4.69, 9.17) is 9.81 Å². The summed E-state index contributed by atoms with van der Waals surface area (Å²) in [5.41, 5.74) is 1.48. The Labute approximate surface area is 164 Å². The average molecular weight is 399 g/mol. The van der Waals surface area contributed by atoms with Crippen LogP contribution in [0, 0.1) is 11.3 Å². The van der Waals surface area contributed by atoms with Gasteiger partial charge in [0.25, 0.3) is 16.0 Å². The van der Waals surface area contributed by atoms with Crippen LogP contribution in [0.15, 0.2) is 71.3 Å². The van der Waals surface area contributed by atoms with Crippen LogP contribution in [-0.4, -0.2) is 25.4 Å². The molecule has 2 aromatic carbocycles. The van der Waals surface area contributed by atoms with Crippen LogP contribution in [0.3, 0.4) is 0 Å². The van der Waals surface area contributed by atoms with Gasteiger partial charge in [-0.3, -0.25) is 9.35 Å². The molecule has 0 aliphatic carbocycles. The van der Waals surface area contributed by atoms with Crippen LogP contribution in [-0.2, 0) is 21.3 Å². The van der Waals surface area contributed by atoms with Gasteiger partial charge in [-0.1, -0.05) is 30.3 Å². The molecule has 0 bridgehead atoms. The molecule has 1 amide bonds. The minimum absolute atomic E-state index is 0.0954. The topological polar surface area (TPSA) is 119 Å². The number of benzene rings is 2. The van der Waals surface area contributed by atoms with Crippen molar-refractivity contribution >= 4 is 21.7 Å². The number of amides is 1. The fourth-order valence-corrected chi connectivity index (χ4v) is 2.91. The van der Waals surface area contributed by atoms with E-state index in [-0.39, 0.29) is 10.5 Å². The smallest absolute Gasteiger partial charge is 0.294 e. The summed E-state index contributed by atoms with van der Waals surface area (Å²) in [5, 5.41) is 14.6. The van der Waals surface area contributed by atoms with Crippen molar-refractivity contribution in [1.29, 1.82) is 5.26 Å². The highest BCUT2D eigenvalue weighted by Crippen LogP contribution is 2.14. The molecule has 0 saturated carbocycles. The van der Waals surface area contributed by atoms with Crippen molar-refractivity contribution in [2.75, 3.05) is 11.9 Å². The number of hydrogen-bond donors (Lipinski definition) is 3. The zero-order valence-electron chi connectivity index (χ0n) is 15.1. The lowest BCUT2D eigenvalue weighted by atomic mass is 10.1. The fourth-order valence-electron chi connectivity index (χ4n) is 2.43. The van der Waals surface area contributed by atoms with Crippen LogP contribution in [0.25, 0.3) is 0 Å². The van der Waals surface area contributed by atoms with E-state index in [1.54, 1.807) is 0 Å². The third-order valence-corrected chi connectivity index (χ3v) is 4.77. The van der Waals surface area contributed by atoms with Crippen molar-refractivity contribution in [3.8, 4) is 6.07 Å². The molecular formula is C20H21N3O4S. The first-order valence-corrected chi connectivity index (χ1v) is 10.1. The zero-order chi connectivity index (χ0) is 20.4. The van der Waals surface area contributed by atoms with Gasteiger partial charge in [-0.15, -0.1) is 0 Å². The Morgan fingerprint density at radius 2 is 1.75 bits per heavy atom.